The standard InChI is InChI=1S/C20H21N3O3/c1-26-19-4-2-3-15(11-19)14-23(9-10-24)20(25)22-18-6-5-17-13-21-8-7-16(17)12-18/h2-8,11-13,24H,9-10,14H2,1H3,(H,22,25). The Morgan fingerprint density at radius 3 is 2.88 bits per heavy atom. The van der Waals surface area contributed by atoms with Gasteiger partial charge in [0.1, 0.15) is 5.75 Å². The molecule has 134 valence electrons. The first-order valence-electron chi connectivity index (χ1n) is 8.33. The fourth-order valence-corrected chi connectivity index (χ4v) is 2.73. The van der Waals surface area contributed by atoms with Crippen LogP contribution in [0.2, 0.25) is 0 Å². The highest BCUT2D eigenvalue weighted by Crippen LogP contribution is 2.19. The summed E-state index contributed by atoms with van der Waals surface area (Å²) in [5.41, 5.74) is 1.62. The number of nitrogens with one attached hydrogen (secondary N) is 1. The van der Waals surface area contributed by atoms with Gasteiger partial charge in [-0.05, 0) is 41.3 Å². The number of anilines is 1. The maximum absolute atomic E-state index is 12.7. The van der Waals surface area contributed by atoms with Crippen molar-refractivity contribution < 1.29 is 14.6 Å². The van der Waals surface area contributed by atoms with E-state index in [1.807, 2.05) is 48.5 Å². The first-order chi connectivity index (χ1) is 12.7. The van der Waals surface area contributed by atoms with Gasteiger partial charge in [0, 0.05) is 36.6 Å². The van der Waals surface area contributed by atoms with Crippen molar-refractivity contribution in [2.45, 2.75) is 6.54 Å². The second-order valence-electron chi connectivity index (χ2n) is 5.86. The molecule has 0 aliphatic carbocycles. The topological polar surface area (TPSA) is 74.7 Å². The zero-order valence-electron chi connectivity index (χ0n) is 14.6. The second kappa shape index (κ2) is 8.31. The fourth-order valence-electron chi connectivity index (χ4n) is 2.73. The number of benzene rings is 2. The molecule has 0 unspecified atom stereocenters. The molecule has 0 fully saturated rings. The average Bonchev–Trinajstić information content (AvgIpc) is 2.67. The molecule has 6 nitrogen and oxygen atoms in total. The summed E-state index contributed by atoms with van der Waals surface area (Å²) in [6.45, 7) is 0.502. The van der Waals surface area contributed by atoms with E-state index in [9.17, 15) is 9.90 Å². The molecule has 3 rings (SSSR count). The van der Waals surface area contributed by atoms with Crippen molar-refractivity contribution in [2.24, 2.45) is 0 Å². The van der Waals surface area contributed by atoms with Gasteiger partial charge in [0.15, 0.2) is 0 Å². The molecule has 2 amide bonds. The second-order valence-corrected chi connectivity index (χ2v) is 5.86. The predicted molar refractivity (Wildman–Crippen MR) is 101 cm³/mol. The van der Waals surface area contributed by atoms with Crippen molar-refractivity contribution in [2.75, 3.05) is 25.6 Å². The van der Waals surface area contributed by atoms with E-state index in [0.29, 0.717) is 12.2 Å². The molecule has 3 aromatic rings. The SMILES string of the molecule is COc1cccc(CN(CCO)C(=O)Nc2ccc3cnccc3c2)c1. The van der Waals surface area contributed by atoms with Gasteiger partial charge in [-0.3, -0.25) is 4.98 Å². The van der Waals surface area contributed by atoms with Crippen molar-refractivity contribution in [1.29, 1.82) is 0 Å². The summed E-state index contributed by atoms with van der Waals surface area (Å²) in [6.07, 6.45) is 3.50. The van der Waals surface area contributed by atoms with Crippen LogP contribution in [0.5, 0.6) is 5.75 Å². The third-order valence-electron chi connectivity index (χ3n) is 4.06. The number of hydrogen-bond acceptors (Lipinski definition) is 4. The lowest BCUT2D eigenvalue weighted by Gasteiger charge is -2.22. The van der Waals surface area contributed by atoms with Crippen LogP contribution in [0.1, 0.15) is 5.56 Å². The third-order valence-corrected chi connectivity index (χ3v) is 4.06. The molecule has 0 bridgehead atoms. The molecule has 0 atom stereocenters. The van der Waals surface area contributed by atoms with Crippen molar-refractivity contribution in [1.82, 2.24) is 9.88 Å². The van der Waals surface area contributed by atoms with E-state index < -0.39 is 0 Å². The fraction of sp³-hybridized carbons (Fsp3) is 0.200. The van der Waals surface area contributed by atoms with Crippen molar-refractivity contribution >= 4 is 22.5 Å². The largest absolute Gasteiger partial charge is 0.497 e. The maximum Gasteiger partial charge on any atom is 0.322 e. The highest BCUT2D eigenvalue weighted by Gasteiger charge is 2.14. The molecular weight excluding hydrogens is 330 g/mol. The summed E-state index contributed by atoms with van der Waals surface area (Å²) in [5.74, 6) is 0.731. The predicted octanol–water partition coefficient (Wildman–Crippen LogP) is 3.27. The monoisotopic (exact) mass is 351 g/mol. The normalized spacial score (nSPS) is 10.5. The number of rotatable bonds is 6. The maximum atomic E-state index is 12.7. The van der Waals surface area contributed by atoms with Gasteiger partial charge in [0.05, 0.1) is 13.7 Å². The van der Waals surface area contributed by atoms with Crippen LogP contribution in [0.3, 0.4) is 0 Å². The number of aliphatic hydroxyl groups excluding tert-OH is 1. The van der Waals surface area contributed by atoms with E-state index in [0.717, 1.165) is 22.1 Å². The molecule has 2 aromatic carbocycles. The smallest absolute Gasteiger partial charge is 0.322 e. The Morgan fingerprint density at radius 1 is 1.19 bits per heavy atom. The van der Waals surface area contributed by atoms with E-state index in [1.165, 1.54) is 0 Å². The van der Waals surface area contributed by atoms with Crippen LogP contribution in [0.25, 0.3) is 10.8 Å². The summed E-state index contributed by atoms with van der Waals surface area (Å²) in [6, 6.07) is 14.8. The zero-order chi connectivity index (χ0) is 18.4. The number of ether oxygens (including phenoxy) is 1. The Kier molecular flexibility index (Phi) is 5.66. The number of carbonyl (C=O) groups excluding carboxylic acids is 1. The molecule has 0 saturated heterocycles. The summed E-state index contributed by atoms with van der Waals surface area (Å²) in [7, 11) is 1.60. The lowest BCUT2D eigenvalue weighted by molar-refractivity contribution is 0.185. The van der Waals surface area contributed by atoms with E-state index in [4.69, 9.17) is 4.74 Å². The molecule has 1 aromatic heterocycles. The number of carbonyl (C=O) groups is 1. The highest BCUT2D eigenvalue weighted by atomic mass is 16.5. The minimum atomic E-state index is -0.268. The minimum Gasteiger partial charge on any atom is -0.497 e. The van der Waals surface area contributed by atoms with Crippen LogP contribution in [0, 0.1) is 0 Å². The van der Waals surface area contributed by atoms with Gasteiger partial charge in [-0.15, -0.1) is 0 Å². The Labute approximate surface area is 152 Å². The molecule has 26 heavy (non-hydrogen) atoms. The number of nitrogens with zero attached hydrogens (tertiary/aromatic N) is 2. The molecule has 6 heteroatoms. The molecule has 0 saturated carbocycles. The van der Waals surface area contributed by atoms with Gasteiger partial charge < -0.3 is 20.1 Å². The van der Waals surface area contributed by atoms with Crippen molar-refractivity contribution in [3.05, 3.63) is 66.5 Å². The summed E-state index contributed by atoms with van der Waals surface area (Å²) >= 11 is 0. The van der Waals surface area contributed by atoms with Crippen LogP contribution in [0.15, 0.2) is 60.9 Å². The number of fused-ring (bicyclic) bond motifs is 1. The molecule has 0 aliphatic rings. The van der Waals surface area contributed by atoms with Gasteiger partial charge in [-0.25, -0.2) is 4.79 Å². The third kappa shape index (κ3) is 4.29. The zero-order valence-corrected chi connectivity index (χ0v) is 14.6. The Balaban J connectivity index is 1.74. The molecule has 0 aliphatic heterocycles. The number of aromatic nitrogens is 1. The first kappa shape index (κ1) is 17.7. The van der Waals surface area contributed by atoms with E-state index in [2.05, 4.69) is 10.3 Å². The average molecular weight is 351 g/mol. The minimum absolute atomic E-state index is 0.110. The molecular formula is C20H21N3O3. The van der Waals surface area contributed by atoms with Crippen molar-refractivity contribution in [3.8, 4) is 5.75 Å². The van der Waals surface area contributed by atoms with Gasteiger partial charge in [0.25, 0.3) is 0 Å². The summed E-state index contributed by atoms with van der Waals surface area (Å²) in [5, 5.41) is 14.2. The molecule has 0 radical (unpaired) electrons. The number of aliphatic hydroxyl groups is 1. The van der Waals surface area contributed by atoms with Crippen LogP contribution in [0.4, 0.5) is 10.5 Å². The summed E-state index contributed by atoms with van der Waals surface area (Å²) < 4.78 is 5.22. The van der Waals surface area contributed by atoms with E-state index in [-0.39, 0.29) is 19.2 Å². The van der Waals surface area contributed by atoms with Gasteiger partial charge >= 0.3 is 6.03 Å². The Hall–Kier alpha value is -3.12. The Bertz CT molecular complexity index is 898. The van der Waals surface area contributed by atoms with Crippen LogP contribution in [-0.4, -0.2) is 41.3 Å². The van der Waals surface area contributed by atoms with Crippen LogP contribution in [-0.2, 0) is 6.54 Å². The van der Waals surface area contributed by atoms with Gasteiger partial charge in [0.2, 0.25) is 0 Å². The summed E-state index contributed by atoms with van der Waals surface area (Å²) in [4.78, 5) is 18.3. The lowest BCUT2D eigenvalue weighted by atomic mass is 10.1. The number of hydrogen-bond donors (Lipinski definition) is 2. The van der Waals surface area contributed by atoms with Gasteiger partial charge in [-0.1, -0.05) is 18.2 Å². The van der Waals surface area contributed by atoms with E-state index in [1.54, 1.807) is 24.4 Å². The van der Waals surface area contributed by atoms with Crippen LogP contribution >= 0.6 is 0 Å². The first-order valence-corrected chi connectivity index (χ1v) is 8.33. The van der Waals surface area contributed by atoms with Crippen molar-refractivity contribution in [3.63, 3.8) is 0 Å². The van der Waals surface area contributed by atoms with Gasteiger partial charge in [-0.2, -0.15) is 0 Å². The molecule has 1 heterocycles. The number of urea groups is 1. The highest BCUT2D eigenvalue weighted by molar-refractivity contribution is 5.93. The number of pyridine rings is 1. The Morgan fingerprint density at radius 2 is 2.08 bits per heavy atom. The number of amides is 2. The van der Waals surface area contributed by atoms with E-state index >= 15 is 0 Å². The lowest BCUT2D eigenvalue weighted by Crippen LogP contribution is -2.36. The quantitative estimate of drug-likeness (QED) is 0.715. The number of methoxy groups -OCH3 is 1. The van der Waals surface area contributed by atoms with Crippen LogP contribution < -0.4 is 10.1 Å². The molecule has 2 N–H and O–H groups in total. The molecule has 0 spiro atoms.